The molecule has 2 aliphatic rings. The van der Waals surface area contributed by atoms with Crippen LogP contribution in [0.15, 0.2) is 46.9 Å². The van der Waals surface area contributed by atoms with Gasteiger partial charge >= 0.3 is 0 Å². The van der Waals surface area contributed by atoms with E-state index in [2.05, 4.69) is 22.3 Å². The van der Waals surface area contributed by atoms with E-state index in [1.54, 1.807) is 0 Å². The predicted molar refractivity (Wildman–Crippen MR) is 98.9 cm³/mol. The van der Waals surface area contributed by atoms with Crippen molar-refractivity contribution in [1.82, 2.24) is 10.2 Å². The molecule has 1 aliphatic carbocycles. The summed E-state index contributed by atoms with van der Waals surface area (Å²) < 4.78 is 11.4. The summed E-state index contributed by atoms with van der Waals surface area (Å²) in [5.41, 5.74) is 0.782. The largest absolute Gasteiger partial charge is 0.465 e. The second-order valence-electron chi connectivity index (χ2n) is 7.27. The quantitative estimate of drug-likeness (QED) is 0.867. The van der Waals surface area contributed by atoms with Crippen LogP contribution in [0.5, 0.6) is 0 Å². The Morgan fingerprint density at radius 1 is 1.15 bits per heavy atom. The van der Waals surface area contributed by atoms with Crippen molar-refractivity contribution in [2.75, 3.05) is 32.8 Å². The molecule has 1 atom stereocenters. The molecule has 138 valence electrons. The molecule has 26 heavy (non-hydrogen) atoms. The van der Waals surface area contributed by atoms with E-state index in [9.17, 15) is 4.79 Å². The average Bonchev–Trinajstić information content (AvgIpc) is 3.40. The molecule has 1 unspecified atom stereocenters. The van der Waals surface area contributed by atoms with Crippen LogP contribution in [0.2, 0.25) is 0 Å². The van der Waals surface area contributed by atoms with Gasteiger partial charge in [0.05, 0.1) is 24.7 Å². The highest BCUT2D eigenvalue weighted by molar-refractivity contribution is 5.91. The highest BCUT2D eigenvalue weighted by atomic mass is 16.5. The van der Waals surface area contributed by atoms with Crippen LogP contribution in [0.4, 0.5) is 0 Å². The van der Waals surface area contributed by atoms with Crippen molar-refractivity contribution < 1.29 is 13.9 Å². The molecule has 0 radical (unpaired) electrons. The highest BCUT2D eigenvalue weighted by Crippen LogP contribution is 2.48. The van der Waals surface area contributed by atoms with Crippen molar-refractivity contribution in [3.8, 4) is 0 Å². The molecule has 1 aromatic heterocycles. The third-order valence-corrected chi connectivity index (χ3v) is 5.54. The number of aryl methyl sites for hydroxylation is 1. The first-order valence-electron chi connectivity index (χ1n) is 9.41. The lowest BCUT2D eigenvalue weighted by molar-refractivity contribution is -0.124. The lowest BCUT2D eigenvalue weighted by atomic mass is 9.95. The van der Waals surface area contributed by atoms with Gasteiger partial charge in [-0.05, 0) is 37.5 Å². The number of carbonyl (C=O) groups excluding carboxylic acids is 1. The molecule has 2 heterocycles. The third-order valence-electron chi connectivity index (χ3n) is 5.54. The van der Waals surface area contributed by atoms with Crippen LogP contribution in [-0.2, 0) is 14.9 Å². The van der Waals surface area contributed by atoms with Gasteiger partial charge < -0.3 is 14.5 Å². The van der Waals surface area contributed by atoms with Gasteiger partial charge in [-0.25, -0.2) is 0 Å². The summed E-state index contributed by atoms with van der Waals surface area (Å²) in [5, 5.41) is 3.21. The minimum atomic E-state index is -0.337. The van der Waals surface area contributed by atoms with Crippen molar-refractivity contribution in [2.45, 2.75) is 31.2 Å². The number of ether oxygens (including phenoxy) is 1. The van der Waals surface area contributed by atoms with E-state index in [0.717, 1.165) is 56.2 Å². The zero-order chi connectivity index (χ0) is 18.0. The number of furan rings is 1. The zero-order valence-electron chi connectivity index (χ0n) is 15.2. The Morgan fingerprint density at radius 3 is 2.50 bits per heavy atom. The fourth-order valence-corrected chi connectivity index (χ4v) is 3.82. The van der Waals surface area contributed by atoms with E-state index in [4.69, 9.17) is 9.15 Å². The lowest BCUT2D eigenvalue weighted by Crippen LogP contribution is -2.45. The number of hydrogen-bond donors (Lipinski definition) is 1. The summed E-state index contributed by atoms with van der Waals surface area (Å²) in [6.45, 7) is 5.65. The minimum Gasteiger partial charge on any atom is -0.465 e. The Labute approximate surface area is 154 Å². The van der Waals surface area contributed by atoms with Gasteiger partial charge in [-0.1, -0.05) is 30.3 Å². The van der Waals surface area contributed by atoms with Crippen LogP contribution in [0.25, 0.3) is 0 Å². The molecular weight excluding hydrogens is 328 g/mol. The van der Waals surface area contributed by atoms with Crippen LogP contribution in [-0.4, -0.2) is 43.7 Å². The van der Waals surface area contributed by atoms with Crippen LogP contribution in [0.1, 0.15) is 36.0 Å². The SMILES string of the molecule is Cc1ccc(C(CNC(=O)C2(c3ccccc3)CC2)N2CCOCC2)o1. The van der Waals surface area contributed by atoms with E-state index in [1.807, 2.05) is 37.3 Å². The molecule has 1 aromatic carbocycles. The van der Waals surface area contributed by atoms with Crippen LogP contribution in [0, 0.1) is 6.92 Å². The van der Waals surface area contributed by atoms with Gasteiger partial charge in [0.2, 0.25) is 5.91 Å². The maximum Gasteiger partial charge on any atom is 0.230 e. The number of nitrogens with one attached hydrogen (secondary N) is 1. The molecule has 0 spiro atoms. The molecule has 5 heteroatoms. The first kappa shape index (κ1) is 17.3. The van der Waals surface area contributed by atoms with Gasteiger partial charge in [-0.15, -0.1) is 0 Å². The monoisotopic (exact) mass is 354 g/mol. The minimum absolute atomic E-state index is 0.0446. The first-order valence-corrected chi connectivity index (χ1v) is 9.41. The van der Waals surface area contributed by atoms with Crippen molar-refractivity contribution in [2.24, 2.45) is 0 Å². The summed E-state index contributed by atoms with van der Waals surface area (Å²) in [7, 11) is 0. The third kappa shape index (κ3) is 3.41. The van der Waals surface area contributed by atoms with Crippen molar-refractivity contribution in [3.05, 3.63) is 59.5 Å². The number of hydrogen-bond acceptors (Lipinski definition) is 4. The number of benzene rings is 1. The molecule has 2 fully saturated rings. The molecule has 0 bridgehead atoms. The van der Waals surface area contributed by atoms with Gasteiger partial charge in [0, 0.05) is 19.6 Å². The predicted octanol–water partition coefficient (Wildman–Crippen LogP) is 2.81. The van der Waals surface area contributed by atoms with E-state index < -0.39 is 0 Å². The molecule has 1 N–H and O–H groups in total. The van der Waals surface area contributed by atoms with E-state index in [1.165, 1.54) is 0 Å². The zero-order valence-corrected chi connectivity index (χ0v) is 15.2. The fraction of sp³-hybridized carbons (Fsp3) is 0.476. The molecule has 4 rings (SSSR count). The maximum atomic E-state index is 13.0. The Bertz CT molecular complexity index is 746. The molecule has 1 aliphatic heterocycles. The highest BCUT2D eigenvalue weighted by Gasteiger charge is 2.51. The molecule has 1 saturated carbocycles. The standard InChI is InChI=1S/C21H26N2O3/c1-16-7-8-19(26-16)18(23-11-13-25-14-12-23)15-22-20(24)21(9-10-21)17-5-3-2-4-6-17/h2-8,18H,9-15H2,1H3,(H,22,24). The Balaban J connectivity index is 1.47. The maximum absolute atomic E-state index is 13.0. The molecular formula is C21H26N2O3. The number of rotatable bonds is 6. The van der Waals surface area contributed by atoms with Gasteiger partial charge in [0.15, 0.2) is 0 Å². The molecule has 5 nitrogen and oxygen atoms in total. The second kappa shape index (κ2) is 7.25. The van der Waals surface area contributed by atoms with Crippen molar-refractivity contribution in [1.29, 1.82) is 0 Å². The van der Waals surface area contributed by atoms with Gasteiger partial charge in [0.1, 0.15) is 11.5 Å². The summed E-state index contributed by atoms with van der Waals surface area (Å²) >= 11 is 0. The number of amides is 1. The summed E-state index contributed by atoms with van der Waals surface area (Å²) in [4.78, 5) is 15.3. The average molecular weight is 354 g/mol. The van der Waals surface area contributed by atoms with E-state index in [-0.39, 0.29) is 17.4 Å². The van der Waals surface area contributed by atoms with Gasteiger partial charge in [0.25, 0.3) is 0 Å². The van der Waals surface area contributed by atoms with E-state index in [0.29, 0.717) is 6.54 Å². The lowest BCUT2D eigenvalue weighted by Gasteiger charge is -2.33. The Morgan fingerprint density at radius 2 is 1.88 bits per heavy atom. The second-order valence-corrected chi connectivity index (χ2v) is 7.27. The topological polar surface area (TPSA) is 54.7 Å². The van der Waals surface area contributed by atoms with Crippen LogP contribution >= 0.6 is 0 Å². The van der Waals surface area contributed by atoms with Crippen molar-refractivity contribution >= 4 is 5.91 Å². The van der Waals surface area contributed by atoms with Gasteiger partial charge in [-0.2, -0.15) is 0 Å². The van der Waals surface area contributed by atoms with Crippen molar-refractivity contribution in [3.63, 3.8) is 0 Å². The molecule has 1 amide bonds. The smallest absolute Gasteiger partial charge is 0.230 e. The Hall–Kier alpha value is -2.11. The summed E-state index contributed by atoms with van der Waals surface area (Å²) in [6.07, 6.45) is 1.84. The van der Waals surface area contributed by atoms with Crippen LogP contribution < -0.4 is 5.32 Å². The molecule has 2 aromatic rings. The van der Waals surface area contributed by atoms with E-state index >= 15 is 0 Å². The fourth-order valence-electron chi connectivity index (χ4n) is 3.82. The molecule has 1 saturated heterocycles. The first-order chi connectivity index (χ1) is 12.7. The summed E-state index contributed by atoms with van der Waals surface area (Å²) in [6, 6.07) is 14.2. The Kier molecular flexibility index (Phi) is 4.83. The van der Waals surface area contributed by atoms with Gasteiger partial charge in [-0.3, -0.25) is 9.69 Å². The number of morpholine rings is 1. The normalized spacial score (nSPS) is 20.5. The van der Waals surface area contributed by atoms with Crippen LogP contribution in [0.3, 0.4) is 0 Å². The summed E-state index contributed by atoms with van der Waals surface area (Å²) in [5.74, 6) is 1.94. The number of nitrogens with zero attached hydrogens (tertiary/aromatic N) is 1. The number of carbonyl (C=O) groups is 1.